The van der Waals surface area contributed by atoms with E-state index in [4.69, 9.17) is 4.74 Å². The lowest BCUT2D eigenvalue weighted by Gasteiger charge is -2.28. The van der Waals surface area contributed by atoms with E-state index in [1.165, 1.54) is 0 Å². The highest BCUT2D eigenvalue weighted by Crippen LogP contribution is 2.19. The van der Waals surface area contributed by atoms with Gasteiger partial charge in [0.2, 0.25) is 0 Å². The lowest BCUT2D eigenvalue weighted by Crippen LogP contribution is -2.36. The van der Waals surface area contributed by atoms with Gasteiger partial charge >= 0.3 is 0 Å². The topological polar surface area (TPSA) is 72.3 Å². The summed E-state index contributed by atoms with van der Waals surface area (Å²) in [4.78, 5) is 19.0. The van der Waals surface area contributed by atoms with Crippen molar-refractivity contribution in [3.63, 3.8) is 0 Å². The Kier molecular flexibility index (Phi) is 5.34. The van der Waals surface area contributed by atoms with Crippen molar-refractivity contribution < 1.29 is 9.53 Å². The van der Waals surface area contributed by atoms with Gasteiger partial charge in [-0.2, -0.15) is 5.10 Å². The van der Waals surface area contributed by atoms with Gasteiger partial charge in [0.15, 0.2) is 0 Å². The number of carbonyl (C=O) groups excluding carboxylic acids is 1. The molecular weight excluding hydrogens is 354 g/mol. The molecule has 3 heterocycles. The molecule has 0 atom stereocenters. The minimum atomic E-state index is -0.0977. The Bertz CT molecular complexity index is 945. The molecule has 7 heteroatoms. The van der Waals surface area contributed by atoms with Gasteiger partial charge in [-0.1, -0.05) is 0 Å². The summed E-state index contributed by atoms with van der Waals surface area (Å²) in [7, 11) is 1.89. The lowest BCUT2D eigenvalue weighted by atomic mass is 10.1. The number of carbonyl (C=O) groups is 1. The fraction of sp³-hybridized carbons (Fsp3) is 0.286. The highest BCUT2D eigenvalue weighted by atomic mass is 16.5. The van der Waals surface area contributed by atoms with E-state index < -0.39 is 0 Å². The van der Waals surface area contributed by atoms with Gasteiger partial charge in [-0.3, -0.25) is 14.5 Å². The van der Waals surface area contributed by atoms with Gasteiger partial charge in [-0.05, 0) is 42.0 Å². The first-order chi connectivity index (χ1) is 13.7. The molecule has 0 aliphatic carbocycles. The molecule has 3 aromatic rings. The third kappa shape index (κ3) is 4.04. The number of hydrogen-bond donors (Lipinski definition) is 1. The summed E-state index contributed by atoms with van der Waals surface area (Å²) in [5, 5.41) is 7.15. The number of hydrogen-bond acceptors (Lipinski definition) is 5. The SMILES string of the molecule is Cn1nccc1-c1cncc(CNC(=O)c2ccc(N3CCOCC3)cc2)c1. The number of anilines is 1. The standard InChI is InChI=1S/C21H23N5O2/c1-25-20(6-7-24-25)18-12-16(13-22-15-18)14-23-21(27)17-2-4-19(5-3-17)26-8-10-28-11-9-26/h2-7,12-13,15H,8-11,14H2,1H3,(H,23,27). The van der Waals surface area contributed by atoms with Gasteiger partial charge in [-0.15, -0.1) is 0 Å². The minimum absolute atomic E-state index is 0.0977. The molecule has 0 bridgehead atoms. The molecule has 1 aliphatic heterocycles. The molecule has 7 nitrogen and oxygen atoms in total. The summed E-state index contributed by atoms with van der Waals surface area (Å²) in [6.45, 7) is 3.67. The number of amides is 1. The monoisotopic (exact) mass is 377 g/mol. The first-order valence-corrected chi connectivity index (χ1v) is 9.34. The summed E-state index contributed by atoms with van der Waals surface area (Å²) >= 11 is 0. The van der Waals surface area contributed by atoms with Gasteiger partial charge in [0.1, 0.15) is 0 Å². The van der Waals surface area contributed by atoms with E-state index in [1.807, 2.05) is 43.4 Å². The molecule has 1 aliphatic rings. The zero-order chi connectivity index (χ0) is 19.3. The van der Waals surface area contributed by atoms with Crippen LogP contribution in [-0.4, -0.2) is 47.0 Å². The molecule has 2 aromatic heterocycles. The van der Waals surface area contributed by atoms with E-state index in [0.29, 0.717) is 12.1 Å². The molecule has 1 fully saturated rings. The Labute approximate surface area is 164 Å². The summed E-state index contributed by atoms with van der Waals surface area (Å²) in [6.07, 6.45) is 5.32. The first-order valence-electron chi connectivity index (χ1n) is 9.34. The van der Waals surface area contributed by atoms with E-state index in [1.54, 1.807) is 23.3 Å². The molecule has 1 aromatic carbocycles. The quantitative estimate of drug-likeness (QED) is 0.738. The van der Waals surface area contributed by atoms with Crippen LogP contribution < -0.4 is 10.2 Å². The fourth-order valence-corrected chi connectivity index (χ4v) is 3.31. The van der Waals surface area contributed by atoms with E-state index in [0.717, 1.165) is 48.8 Å². The smallest absolute Gasteiger partial charge is 0.251 e. The third-order valence-electron chi connectivity index (χ3n) is 4.87. The third-order valence-corrected chi connectivity index (χ3v) is 4.87. The number of rotatable bonds is 5. The number of aromatic nitrogens is 3. The first kappa shape index (κ1) is 18.2. The maximum Gasteiger partial charge on any atom is 0.251 e. The molecular formula is C21H23N5O2. The van der Waals surface area contributed by atoms with Gasteiger partial charge < -0.3 is 15.0 Å². The summed E-state index contributed by atoms with van der Waals surface area (Å²) in [5.74, 6) is -0.0977. The normalized spacial score (nSPS) is 14.1. The van der Waals surface area contributed by atoms with Gasteiger partial charge in [0, 0.05) is 62.1 Å². The predicted molar refractivity (Wildman–Crippen MR) is 107 cm³/mol. The van der Waals surface area contributed by atoms with Crippen LogP contribution in [0.2, 0.25) is 0 Å². The van der Waals surface area contributed by atoms with E-state index in [2.05, 4.69) is 20.3 Å². The molecule has 1 N–H and O–H groups in total. The highest BCUT2D eigenvalue weighted by molar-refractivity contribution is 5.94. The van der Waals surface area contributed by atoms with Crippen molar-refractivity contribution in [1.82, 2.24) is 20.1 Å². The van der Waals surface area contributed by atoms with Gasteiger partial charge in [0.25, 0.3) is 5.91 Å². The second-order valence-electron chi connectivity index (χ2n) is 6.75. The zero-order valence-corrected chi connectivity index (χ0v) is 15.8. The Hall–Kier alpha value is -3.19. The van der Waals surface area contributed by atoms with Crippen molar-refractivity contribution in [2.24, 2.45) is 7.05 Å². The van der Waals surface area contributed by atoms with Gasteiger partial charge in [-0.25, -0.2) is 0 Å². The number of benzene rings is 1. The second kappa shape index (κ2) is 8.22. The summed E-state index contributed by atoms with van der Waals surface area (Å²) in [6, 6.07) is 11.7. The maximum absolute atomic E-state index is 12.5. The predicted octanol–water partition coefficient (Wildman–Crippen LogP) is 2.25. The minimum Gasteiger partial charge on any atom is -0.378 e. The second-order valence-corrected chi connectivity index (χ2v) is 6.75. The average Bonchev–Trinajstić information content (AvgIpc) is 3.19. The number of nitrogens with one attached hydrogen (secondary N) is 1. The van der Waals surface area contributed by atoms with Crippen molar-refractivity contribution in [2.45, 2.75) is 6.54 Å². The molecule has 1 amide bonds. The molecule has 0 saturated carbocycles. The largest absolute Gasteiger partial charge is 0.378 e. The van der Waals surface area contributed by atoms with Crippen LogP contribution in [0.3, 0.4) is 0 Å². The average molecular weight is 377 g/mol. The molecule has 0 spiro atoms. The Morgan fingerprint density at radius 2 is 1.93 bits per heavy atom. The van der Waals surface area contributed by atoms with E-state index in [9.17, 15) is 4.79 Å². The zero-order valence-electron chi connectivity index (χ0n) is 15.8. The van der Waals surface area contributed by atoms with Crippen LogP contribution in [0.25, 0.3) is 11.3 Å². The van der Waals surface area contributed by atoms with Gasteiger partial charge in [0.05, 0.1) is 18.9 Å². The van der Waals surface area contributed by atoms with Crippen LogP contribution in [0.15, 0.2) is 55.0 Å². The van der Waals surface area contributed by atoms with Crippen LogP contribution >= 0.6 is 0 Å². The Morgan fingerprint density at radius 1 is 1.14 bits per heavy atom. The lowest BCUT2D eigenvalue weighted by molar-refractivity contribution is 0.0951. The van der Waals surface area contributed by atoms with Crippen molar-refractivity contribution in [2.75, 3.05) is 31.2 Å². The van der Waals surface area contributed by atoms with Crippen LogP contribution in [-0.2, 0) is 18.3 Å². The molecule has 1 saturated heterocycles. The number of morpholine rings is 1. The van der Waals surface area contributed by atoms with Crippen molar-refractivity contribution in [3.05, 3.63) is 66.1 Å². The highest BCUT2D eigenvalue weighted by Gasteiger charge is 2.12. The van der Waals surface area contributed by atoms with Crippen molar-refractivity contribution in [3.8, 4) is 11.3 Å². The van der Waals surface area contributed by atoms with Crippen LogP contribution in [0, 0.1) is 0 Å². The number of aryl methyl sites for hydroxylation is 1. The number of nitrogens with zero attached hydrogens (tertiary/aromatic N) is 4. The number of ether oxygens (including phenoxy) is 1. The van der Waals surface area contributed by atoms with Crippen molar-refractivity contribution in [1.29, 1.82) is 0 Å². The summed E-state index contributed by atoms with van der Waals surface area (Å²) in [5.41, 5.74) is 4.67. The number of pyridine rings is 1. The van der Waals surface area contributed by atoms with Crippen LogP contribution in [0.1, 0.15) is 15.9 Å². The molecule has 0 radical (unpaired) electrons. The Balaban J connectivity index is 1.38. The molecule has 28 heavy (non-hydrogen) atoms. The van der Waals surface area contributed by atoms with Crippen LogP contribution in [0.4, 0.5) is 5.69 Å². The fourth-order valence-electron chi connectivity index (χ4n) is 3.31. The van der Waals surface area contributed by atoms with Crippen LogP contribution in [0.5, 0.6) is 0 Å². The molecule has 4 rings (SSSR count). The van der Waals surface area contributed by atoms with E-state index in [-0.39, 0.29) is 5.91 Å². The molecule has 0 unspecified atom stereocenters. The maximum atomic E-state index is 12.5. The molecule has 144 valence electrons. The van der Waals surface area contributed by atoms with Crippen molar-refractivity contribution >= 4 is 11.6 Å². The van der Waals surface area contributed by atoms with E-state index >= 15 is 0 Å². The summed E-state index contributed by atoms with van der Waals surface area (Å²) < 4.78 is 7.18. The Morgan fingerprint density at radius 3 is 2.64 bits per heavy atom.